The van der Waals surface area contributed by atoms with E-state index in [1.54, 1.807) is 12.1 Å². The van der Waals surface area contributed by atoms with Crippen molar-refractivity contribution < 1.29 is 23.8 Å². The van der Waals surface area contributed by atoms with Crippen LogP contribution in [0.4, 0.5) is 4.39 Å². The van der Waals surface area contributed by atoms with Crippen LogP contribution in [0.2, 0.25) is 5.02 Å². The van der Waals surface area contributed by atoms with Crippen LogP contribution in [0, 0.1) is 5.82 Å². The third-order valence-corrected chi connectivity index (χ3v) is 6.28. The second-order valence-electron chi connectivity index (χ2n) is 7.70. The molecular weight excluding hydrogens is 397 g/mol. The molecule has 154 valence electrons. The number of ether oxygens (including phenoxy) is 2. The number of carbonyl (C=O) groups is 1. The molecule has 5 nitrogen and oxygen atoms in total. The molecule has 0 aliphatic carbocycles. The maximum atomic E-state index is 13.9. The summed E-state index contributed by atoms with van der Waals surface area (Å²) in [6.07, 6.45) is 2.04. The van der Waals surface area contributed by atoms with Crippen LogP contribution < -0.4 is 9.47 Å². The molecule has 0 saturated carbocycles. The normalized spacial score (nSPS) is 17.7. The first-order valence-electron chi connectivity index (χ1n) is 9.74. The van der Waals surface area contributed by atoms with Gasteiger partial charge in [0, 0.05) is 29.2 Å². The van der Waals surface area contributed by atoms with Crippen molar-refractivity contribution in [3.05, 3.63) is 58.4 Å². The number of halogens is 2. The van der Waals surface area contributed by atoms with Gasteiger partial charge in [-0.15, -0.1) is 0 Å². The molecule has 2 aromatic carbocycles. The van der Waals surface area contributed by atoms with E-state index in [2.05, 4.69) is 4.90 Å². The van der Waals surface area contributed by atoms with Gasteiger partial charge in [0.05, 0.1) is 18.1 Å². The number of rotatable bonds is 6. The Morgan fingerprint density at radius 2 is 2.07 bits per heavy atom. The van der Waals surface area contributed by atoms with Crippen molar-refractivity contribution in [2.45, 2.75) is 31.3 Å². The van der Waals surface area contributed by atoms with Crippen molar-refractivity contribution in [1.82, 2.24) is 4.90 Å². The van der Waals surface area contributed by atoms with Gasteiger partial charge in [-0.25, -0.2) is 4.39 Å². The Balaban J connectivity index is 1.41. The summed E-state index contributed by atoms with van der Waals surface area (Å²) in [5.74, 6) is 0.271. The van der Waals surface area contributed by atoms with Crippen LogP contribution in [0.15, 0.2) is 36.4 Å². The van der Waals surface area contributed by atoms with Crippen molar-refractivity contribution in [1.29, 1.82) is 0 Å². The Labute approximate surface area is 174 Å². The monoisotopic (exact) mass is 419 g/mol. The number of aliphatic carboxylic acids is 1. The zero-order chi connectivity index (χ0) is 20.4. The average molecular weight is 420 g/mol. The largest absolute Gasteiger partial charge is 0.492 e. The SMILES string of the molecule is O=C(O)CCN1CCC2(CC1)COc1cc(OCc3c(F)cccc3Cl)ccc12. The van der Waals surface area contributed by atoms with Gasteiger partial charge < -0.3 is 19.5 Å². The van der Waals surface area contributed by atoms with Gasteiger partial charge in [-0.05, 0) is 44.1 Å². The molecule has 0 aromatic heterocycles. The van der Waals surface area contributed by atoms with E-state index in [1.165, 1.54) is 11.6 Å². The van der Waals surface area contributed by atoms with Gasteiger partial charge in [0.2, 0.25) is 0 Å². The molecule has 2 aliphatic rings. The average Bonchev–Trinajstić information content (AvgIpc) is 3.05. The Morgan fingerprint density at radius 3 is 2.79 bits per heavy atom. The fourth-order valence-electron chi connectivity index (χ4n) is 4.14. The van der Waals surface area contributed by atoms with Crippen molar-refractivity contribution >= 4 is 17.6 Å². The summed E-state index contributed by atoms with van der Waals surface area (Å²) in [5, 5.41) is 9.21. The number of fused-ring (bicyclic) bond motifs is 2. The Bertz CT molecular complexity index is 891. The fraction of sp³-hybridized carbons (Fsp3) is 0.409. The maximum Gasteiger partial charge on any atom is 0.304 e. The van der Waals surface area contributed by atoms with E-state index in [-0.39, 0.29) is 24.3 Å². The zero-order valence-corrected chi connectivity index (χ0v) is 16.8. The fourth-order valence-corrected chi connectivity index (χ4v) is 4.36. The molecule has 29 heavy (non-hydrogen) atoms. The summed E-state index contributed by atoms with van der Waals surface area (Å²) in [6.45, 7) is 2.98. The van der Waals surface area contributed by atoms with E-state index >= 15 is 0 Å². The van der Waals surface area contributed by atoms with E-state index in [0.29, 0.717) is 29.5 Å². The predicted octanol–water partition coefficient (Wildman–Crippen LogP) is 4.26. The summed E-state index contributed by atoms with van der Waals surface area (Å²) in [4.78, 5) is 13.0. The minimum absolute atomic E-state index is 0.0254. The van der Waals surface area contributed by atoms with Crippen LogP contribution in [0.3, 0.4) is 0 Å². The van der Waals surface area contributed by atoms with Gasteiger partial charge >= 0.3 is 5.97 Å². The molecule has 0 bridgehead atoms. The van der Waals surface area contributed by atoms with E-state index in [0.717, 1.165) is 31.7 Å². The lowest BCUT2D eigenvalue weighted by molar-refractivity contribution is -0.137. The molecule has 0 radical (unpaired) electrons. The number of hydrogen-bond donors (Lipinski definition) is 1. The molecule has 0 atom stereocenters. The highest BCUT2D eigenvalue weighted by molar-refractivity contribution is 6.31. The first-order chi connectivity index (χ1) is 14.0. The molecular formula is C22H23ClFNO4. The van der Waals surface area contributed by atoms with Crippen LogP contribution >= 0.6 is 11.6 Å². The van der Waals surface area contributed by atoms with Gasteiger partial charge in [0.1, 0.15) is 23.9 Å². The highest BCUT2D eigenvalue weighted by Gasteiger charge is 2.43. The first-order valence-corrected chi connectivity index (χ1v) is 10.1. The van der Waals surface area contributed by atoms with Crippen LogP contribution in [0.1, 0.15) is 30.4 Å². The molecule has 0 unspecified atom stereocenters. The minimum Gasteiger partial charge on any atom is -0.492 e. The maximum absolute atomic E-state index is 13.9. The van der Waals surface area contributed by atoms with E-state index in [1.807, 2.05) is 18.2 Å². The van der Waals surface area contributed by atoms with Crippen molar-refractivity contribution in [3.63, 3.8) is 0 Å². The number of carboxylic acids is 1. The van der Waals surface area contributed by atoms with Gasteiger partial charge in [-0.2, -0.15) is 0 Å². The lowest BCUT2D eigenvalue weighted by Gasteiger charge is -2.38. The van der Waals surface area contributed by atoms with Gasteiger partial charge in [0.25, 0.3) is 0 Å². The summed E-state index contributed by atoms with van der Waals surface area (Å²) in [7, 11) is 0. The van der Waals surface area contributed by atoms with Crippen LogP contribution in [0.25, 0.3) is 0 Å². The molecule has 1 fully saturated rings. The summed E-state index contributed by atoms with van der Waals surface area (Å²) < 4.78 is 25.6. The van der Waals surface area contributed by atoms with E-state index < -0.39 is 5.97 Å². The number of carboxylic acid groups (broad SMARTS) is 1. The number of likely N-dealkylation sites (tertiary alicyclic amines) is 1. The third kappa shape index (κ3) is 4.19. The second-order valence-corrected chi connectivity index (χ2v) is 8.11. The molecule has 4 rings (SSSR count). The molecule has 0 amide bonds. The van der Waals surface area contributed by atoms with Crippen LogP contribution in [-0.4, -0.2) is 42.2 Å². The Hall–Kier alpha value is -2.31. The smallest absolute Gasteiger partial charge is 0.304 e. The molecule has 7 heteroatoms. The summed E-state index contributed by atoms with van der Waals surface area (Å²) in [6, 6.07) is 10.4. The third-order valence-electron chi connectivity index (χ3n) is 5.93. The topological polar surface area (TPSA) is 59.0 Å². The Kier molecular flexibility index (Phi) is 5.65. The predicted molar refractivity (Wildman–Crippen MR) is 107 cm³/mol. The lowest BCUT2D eigenvalue weighted by Crippen LogP contribution is -2.44. The highest BCUT2D eigenvalue weighted by Crippen LogP contribution is 2.46. The van der Waals surface area contributed by atoms with Crippen LogP contribution in [-0.2, 0) is 16.8 Å². The second kappa shape index (κ2) is 8.20. The van der Waals surface area contributed by atoms with E-state index in [9.17, 15) is 9.18 Å². The summed E-state index contributed by atoms with van der Waals surface area (Å²) >= 11 is 6.06. The van der Waals surface area contributed by atoms with Crippen molar-refractivity contribution in [3.8, 4) is 11.5 Å². The number of nitrogens with zero attached hydrogens (tertiary/aromatic N) is 1. The number of benzene rings is 2. The van der Waals surface area contributed by atoms with Gasteiger partial charge in [0.15, 0.2) is 0 Å². The standard InChI is InChI=1S/C22H23ClFNO4/c23-18-2-1-3-19(24)16(18)13-28-15-4-5-17-20(12-15)29-14-22(17)7-10-25(11-8-22)9-6-21(26)27/h1-5,12H,6-11,13-14H2,(H,26,27). The zero-order valence-electron chi connectivity index (χ0n) is 16.0. The van der Waals surface area contributed by atoms with Gasteiger partial charge in [-0.3, -0.25) is 4.79 Å². The van der Waals surface area contributed by atoms with Crippen LogP contribution in [0.5, 0.6) is 11.5 Å². The van der Waals surface area contributed by atoms with E-state index in [4.69, 9.17) is 26.2 Å². The van der Waals surface area contributed by atoms with Crippen molar-refractivity contribution in [2.75, 3.05) is 26.2 Å². The summed E-state index contributed by atoms with van der Waals surface area (Å²) in [5.41, 5.74) is 1.48. The minimum atomic E-state index is -0.760. The van der Waals surface area contributed by atoms with Crippen molar-refractivity contribution in [2.24, 2.45) is 0 Å². The number of piperidine rings is 1. The number of hydrogen-bond acceptors (Lipinski definition) is 4. The lowest BCUT2D eigenvalue weighted by atomic mass is 9.74. The molecule has 1 spiro atoms. The quantitative estimate of drug-likeness (QED) is 0.758. The molecule has 2 aliphatic heterocycles. The van der Waals surface area contributed by atoms with Gasteiger partial charge in [-0.1, -0.05) is 23.7 Å². The Morgan fingerprint density at radius 1 is 1.28 bits per heavy atom. The highest BCUT2D eigenvalue weighted by atomic mass is 35.5. The first kappa shape index (κ1) is 20.0. The molecule has 2 heterocycles. The molecule has 1 saturated heterocycles. The molecule has 2 aromatic rings. The molecule has 1 N–H and O–H groups in total.